The Hall–Kier alpha value is -2.93. The van der Waals surface area contributed by atoms with Crippen LogP contribution in [0.2, 0.25) is 5.02 Å². The van der Waals surface area contributed by atoms with Gasteiger partial charge in [0.1, 0.15) is 5.69 Å². The number of carbonyl (C=O) groups excluding carboxylic acids is 1. The van der Waals surface area contributed by atoms with E-state index in [1.165, 1.54) is 24.5 Å². The third-order valence-electron chi connectivity index (χ3n) is 4.32. The number of benzene rings is 2. The smallest absolute Gasteiger partial charge is 0.302 e. The van der Waals surface area contributed by atoms with Crippen LogP contribution in [0.15, 0.2) is 60.9 Å². The van der Waals surface area contributed by atoms with Crippen molar-refractivity contribution in [3.8, 4) is 11.3 Å². The van der Waals surface area contributed by atoms with E-state index < -0.39 is 17.3 Å². The summed E-state index contributed by atoms with van der Waals surface area (Å²) in [6.45, 7) is 5.64. The molecule has 0 spiro atoms. The van der Waals surface area contributed by atoms with E-state index in [1.807, 2.05) is 20.8 Å². The molecule has 0 saturated heterocycles. The molecule has 0 saturated carbocycles. The Balaban J connectivity index is 1.97. The molecule has 0 aliphatic carbocycles. The molecule has 30 heavy (non-hydrogen) atoms. The zero-order valence-corrected chi connectivity index (χ0v) is 17.3. The van der Waals surface area contributed by atoms with Gasteiger partial charge in [-0.05, 0) is 57.2 Å². The molecule has 8 heteroatoms. The van der Waals surface area contributed by atoms with Gasteiger partial charge in [0.15, 0.2) is 0 Å². The van der Waals surface area contributed by atoms with Gasteiger partial charge in [0.2, 0.25) is 0 Å². The molecule has 0 aliphatic rings. The van der Waals surface area contributed by atoms with Gasteiger partial charge in [-0.25, -0.2) is 4.98 Å². The molecule has 0 N–H and O–H groups in total. The highest BCUT2D eigenvalue weighted by molar-refractivity contribution is 6.30. The average Bonchev–Trinajstić information content (AvgIpc) is 2.68. The lowest BCUT2D eigenvalue weighted by Crippen LogP contribution is -2.46. The van der Waals surface area contributed by atoms with Gasteiger partial charge >= 0.3 is 6.18 Å². The zero-order valence-electron chi connectivity index (χ0n) is 16.5. The molecule has 1 heterocycles. The van der Waals surface area contributed by atoms with E-state index in [0.29, 0.717) is 22.0 Å². The zero-order chi connectivity index (χ0) is 22.1. The largest absolute Gasteiger partial charge is 0.416 e. The van der Waals surface area contributed by atoms with Gasteiger partial charge in [-0.15, -0.1) is 0 Å². The maximum Gasteiger partial charge on any atom is 0.416 e. The Morgan fingerprint density at radius 2 is 1.53 bits per heavy atom. The van der Waals surface area contributed by atoms with Crippen LogP contribution in [-0.2, 0) is 6.18 Å². The van der Waals surface area contributed by atoms with Crippen LogP contribution in [0.1, 0.15) is 36.8 Å². The lowest BCUT2D eigenvalue weighted by atomic mass is 10.0. The van der Waals surface area contributed by atoms with Crippen LogP contribution in [0, 0.1) is 0 Å². The molecule has 0 aliphatic heterocycles. The Morgan fingerprint density at radius 3 is 2.07 bits per heavy atom. The number of aromatic nitrogens is 2. The molecule has 3 aromatic rings. The number of nitrogens with zero attached hydrogens (tertiary/aromatic N) is 3. The molecule has 0 fully saturated rings. The van der Waals surface area contributed by atoms with Gasteiger partial charge in [0.05, 0.1) is 23.7 Å². The minimum Gasteiger partial charge on any atom is -0.302 e. The normalized spacial score (nSPS) is 12.0. The van der Waals surface area contributed by atoms with E-state index in [-0.39, 0.29) is 11.6 Å². The van der Waals surface area contributed by atoms with Crippen molar-refractivity contribution in [2.75, 3.05) is 4.90 Å². The van der Waals surface area contributed by atoms with Gasteiger partial charge in [0.25, 0.3) is 5.91 Å². The van der Waals surface area contributed by atoms with E-state index in [4.69, 9.17) is 11.6 Å². The van der Waals surface area contributed by atoms with E-state index >= 15 is 0 Å². The monoisotopic (exact) mass is 433 g/mol. The van der Waals surface area contributed by atoms with Crippen molar-refractivity contribution in [1.82, 2.24) is 9.97 Å². The number of halogens is 4. The SMILES string of the molecule is CC(C)(C)N(C(=O)c1cncc(-c2ccc(C(F)(F)F)cc2)n1)c1ccc(Cl)cc1. The first-order valence-corrected chi connectivity index (χ1v) is 9.44. The van der Waals surface area contributed by atoms with Crippen LogP contribution in [0.5, 0.6) is 0 Å². The van der Waals surface area contributed by atoms with Gasteiger partial charge in [-0.1, -0.05) is 23.7 Å². The summed E-state index contributed by atoms with van der Waals surface area (Å²) in [6.07, 6.45) is -1.68. The van der Waals surface area contributed by atoms with Gasteiger partial charge in [-0.2, -0.15) is 13.2 Å². The van der Waals surface area contributed by atoms with Gasteiger partial charge in [0, 0.05) is 21.8 Å². The predicted molar refractivity (Wildman–Crippen MR) is 110 cm³/mol. The summed E-state index contributed by atoms with van der Waals surface area (Å²) in [5.74, 6) is -0.383. The van der Waals surface area contributed by atoms with Crippen molar-refractivity contribution in [2.24, 2.45) is 0 Å². The molecular weight excluding hydrogens is 415 g/mol. The number of carbonyl (C=O) groups is 1. The summed E-state index contributed by atoms with van der Waals surface area (Å²) in [6, 6.07) is 11.4. The fourth-order valence-electron chi connectivity index (χ4n) is 2.95. The Kier molecular flexibility index (Phi) is 5.85. The van der Waals surface area contributed by atoms with E-state index in [9.17, 15) is 18.0 Å². The molecule has 0 radical (unpaired) electrons. The third-order valence-corrected chi connectivity index (χ3v) is 4.57. The van der Waals surface area contributed by atoms with Crippen molar-refractivity contribution in [2.45, 2.75) is 32.5 Å². The van der Waals surface area contributed by atoms with Crippen LogP contribution in [0.3, 0.4) is 0 Å². The molecule has 0 atom stereocenters. The fourth-order valence-corrected chi connectivity index (χ4v) is 3.08. The molecule has 3 rings (SSSR count). The number of amides is 1. The van der Waals surface area contributed by atoms with Crippen LogP contribution in [0.25, 0.3) is 11.3 Å². The van der Waals surface area contributed by atoms with Crippen LogP contribution in [0.4, 0.5) is 18.9 Å². The summed E-state index contributed by atoms with van der Waals surface area (Å²) in [7, 11) is 0. The standard InChI is InChI=1S/C22H19ClF3N3O/c1-21(2,3)29(17-10-8-16(23)9-11-17)20(30)19-13-27-12-18(28-19)14-4-6-15(7-5-14)22(24,25)26/h4-13H,1-3H3. The molecule has 1 amide bonds. The van der Waals surface area contributed by atoms with Crippen LogP contribution >= 0.6 is 11.6 Å². The summed E-state index contributed by atoms with van der Waals surface area (Å²) < 4.78 is 38.4. The first-order chi connectivity index (χ1) is 14.0. The summed E-state index contributed by atoms with van der Waals surface area (Å²) in [4.78, 5) is 23.3. The van der Waals surface area contributed by atoms with Gasteiger partial charge < -0.3 is 4.90 Å². The van der Waals surface area contributed by atoms with Crippen molar-refractivity contribution in [3.63, 3.8) is 0 Å². The van der Waals surface area contributed by atoms with Gasteiger partial charge in [-0.3, -0.25) is 9.78 Å². The molecule has 0 unspecified atom stereocenters. The fraction of sp³-hybridized carbons (Fsp3) is 0.227. The quantitative estimate of drug-likeness (QED) is 0.489. The predicted octanol–water partition coefficient (Wildman–Crippen LogP) is 6.26. The minimum atomic E-state index is -4.42. The molecular formula is C22H19ClF3N3O. The maximum atomic E-state index is 13.3. The average molecular weight is 434 g/mol. The second-order valence-corrected chi connectivity index (χ2v) is 8.09. The topological polar surface area (TPSA) is 46.1 Å². The van der Waals surface area contributed by atoms with E-state index in [0.717, 1.165) is 12.1 Å². The van der Waals surface area contributed by atoms with Crippen molar-refractivity contribution in [3.05, 3.63) is 77.2 Å². The van der Waals surface area contributed by atoms with Crippen molar-refractivity contribution >= 4 is 23.2 Å². The summed E-state index contributed by atoms with van der Waals surface area (Å²) in [5, 5.41) is 0.546. The Morgan fingerprint density at radius 1 is 0.933 bits per heavy atom. The number of hydrogen-bond donors (Lipinski definition) is 0. The second-order valence-electron chi connectivity index (χ2n) is 7.65. The van der Waals surface area contributed by atoms with Crippen LogP contribution in [-0.4, -0.2) is 21.4 Å². The number of alkyl halides is 3. The first-order valence-electron chi connectivity index (χ1n) is 9.06. The lowest BCUT2D eigenvalue weighted by molar-refractivity contribution is -0.137. The van der Waals surface area contributed by atoms with E-state index in [2.05, 4.69) is 9.97 Å². The molecule has 0 bridgehead atoms. The minimum absolute atomic E-state index is 0.0808. The number of hydrogen-bond acceptors (Lipinski definition) is 3. The first kappa shape index (κ1) is 21.8. The lowest BCUT2D eigenvalue weighted by Gasteiger charge is -2.35. The highest BCUT2D eigenvalue weighted by Crippen LogP contribution is 2.31. The Bertz CT molecular complexity index is 1040. The molecule has 2 aromatic carbocycles. The highest BCUT2D eigenvalue weighted by atomic mass is 35.5. The Labute approximate surface area is 177 Å². The van der Waals surface area contributed by atoms with E-state index in [1.54, 1.807) is 29.2 Å². The number of anilines is 1. The highest BCUT2D eigenvalue weighted by Gasteiger charge is 2.31. The second kappa shape index (κ2) is 8.07. The molecule has 1 aromatic heterocycles. The summed E-state index contributed by atoms with van der Waals surface area (Å²) >= 11 is 5.96. The van der Waals surface area contributed by atoms with Crippen LogP contribution < -0.4 is 4.90 Å². The van der Waals surface area contributed by atoms with Crippen molar-refractivity contribution < 1.29 is 18.0 Å². The third kappa shape index (κ3) is 4.79. The maximum absolute atomic E-state index is 13.3. The summed E-state index contributed by atoms with van der Waals surface area (Å²) in [5.41, 5.74) is 0.124. The molecule has 4 nitrogen and oxygen atoms in total. The number of rotatable bonds is 3. The molecule has 156 valence electrons. The van der Waals surface area contributed by atoms with Crippen molar-refractivity contribution in [1.29, 1.82) is 0 Å².